The van der Waals surface area contributed by atoms with Crippen LogP contribution in [0.4, 0.5) is 4.39 Å². The van der Waals surface area contributed by atoms with Crippen LogP contribution in [0.25, 0.3) is 0 Å². The summed E-state index contributed by atoms with van der Waals surface area (Å²) in [6, 6.07) is 5.65. The van der Waals surface area contributed by atoms with Crippen LogP contribution in [-0.2, 0) is 0 Å². The molecule has 0 fully saturated rings. The van der Waals surface area contributed by atoms with Crippen molar-refractivity contribution in [1.82, 2.24) is 10.2 Å². The van der Waals surface area contributed by atoms with E-state index in [1.54, 1.807) is 13.0 Å². The highest BCUT2D eigenvalue weighted by molar-refractivity contribution is 5.25. The van der Waals surface area contributed by atoms with Crippen molar-refractivity contribution in [1.29, 1.82) is 0 Å². The summed E-state index contributed by atoms with van der Waals surface area (Å²) in [7, 11) is 4.14. The minimum absolute atomic E-state index is 0.121. The molecule has 1 rings (SSSR count). The maximum absolute atomic E-state index is 13.4. The van der Waals surface area contributed by atoms with Crippen molar-refractivity contribution >= 4 is 0 Å². The van der Waals surface area contributed by atoms with Crippen molar-refractivity contribution in [3.05, 3.63) is 35.1 Å². The lowest BCUT2D eigenvalue weighted by atomic mass is 10.1. The second-order valence-electron chi connectivity index (χ2n) is 4.84. The number of hydrogen-bond acceptors (Lipinski definition) is 2. The standard InChI is InChI=1S/C14H23FN2/c1-11-6-7-13(10-14(11)15)12(2)16-8-5-9-17(3)4/h6-7,10,12,16H,5,8-9H2,1-4H3. The first-order chi connectivity index (χ1) is 8.00. The number of aryl methyl sites for hydroxylation is 1. The molecule has 0 spiro atoms. The fraction of sp³-hybridized carbons (Fsp3) is 0.571. The van der Waals surface area contributed by atoms with Crippen molar-refractivity contribution < 1.29 is 4.39 Å². The molecule has 0 heterocycles. The number of nitrogens with one attached hydrogen (secondary N) is 1. The molecular weight excluding hydrogens is 215 g/mol. The zero-order valence-corrected chi connectivity index (χ0v) is 11.3. The predicted octanol–water partition coefficient (Wildman–Crippen LogP) is 2.74. The first-order valence-electron chi connectivity index (χ1n) is 6.15. The summed E-state index contributed by atoms with van der Waals surface area (Å²) in [6.45, 7) is 5.88. The molecule has 1 aromatic rings. The van der Waals surface area contributed by atoms with Gasteiger partial charge >= 0.3 is 0 Å². The molecule has 0 aliphatic rings. The van der Waals surface area contributed by atoms with Crippen LogP contribution in [0.15, 0.2) is 18.2 Å². The lowest BCUT2D eigenvalue weighted by Crippen LogP contribution is -2.23. The molecule has 0 radical (unpaired) electrons. The summed E-state index contributed by atoms with van der Waals surface area (Å²) in [5.41, 5.74) is 1.71. The molecule has 96 valence electrons. The Kier molecular flexibility index (Phi) is 5.59. The Labute approximate surface area is 104 Å². The Morgan fingerprint density at radius 2 is 2.06 bits per heavy atom. The van der Waals surface area contributed by atoms with Gasteiger partial charge < -0.3 is 10.2 Å². The second-order valence-corrected chi connectivity index (χ2v) is 4.84. The van der Waals surface area contributed by atoms with Crippen molar-refractivity contribution in [2.75, 3.05) is 27.2 Å². The minimum atomic E-state index is -0.121. The molecule has 0 saturated carbocycles. The average Bonchev–Trinajstić information content (AvgIpc) is 2.27. The molecule has 1 aromatic carbocycles. The molecule has 1 unspecified atom stereocenters. The quantitative estimate of drug-likeness (QED) is 0.767. The molecule has 0 aromatic heterocycles. The highest BCUT2D eigenvalue weighted by atomic mass is 19.1. The monoisotopic (exact) mass is 238 g/mol. The van der Waals surface area contributed by atoms with Crippen LogP contribution in [0, 0.1) is 12.7 Å². The zero-order chi connectivity index (χ0) is 12.8. The van der Waals surface area contributed by atoms with Crippen LogP contribution in [0.5, 0.6) is 0 Å². The van der Waals surface area contributed by atoms with Gasteiger partial charge in [0.25, 0.3) is 0 Å². The number of rotatable bonds is 6. The Morgan fingerprint density at radius 3 is 2.65 bits per heavy atom. The summed E-state index contributed by atoms with van der Waals surface area (Å²) in [4.78, 5) is 2.16. The minimum Gasteiger partial charge on any atom is -0.310 e. The Balaban J connectivity index is 2.41. The van der Waals surface area contributed by atoms with Gasteiger partial charge in [0, 0.05) is 6.04 Å². The van der Waals surface area contributed by atoms with E-state index in [1.165, 1.54) is 0 Å². The predicted molar refractivity (Wildman–Crippen MR) is 70.7 cm³/mol. The fourth-order valence-electron chi connectivity index (χ4n) is 1.71. The van der Waals surface area contributed by atoms with Gasteiger partial charge in [0.05, 0.1) is 0 Å². The SMILES string of the molecule is Cc1ccc(C(C)NCCCN(C)C)cc1F. The largest absolute Gasteiger partial charge is 0.310 e. The maximum atomic E-state index is 13.4. The van der Waals surface area contributed by atoms with Crippen molar-refractivity contribution in [2.45, 2.75) is 26.3 Å². The molecule has 17 heavy (non-hydrogen) atoms. The van der Waals surface area contributed by atoms with Gasteiger partial charge in [0.1, 0.15) is 5.82 Å². The van der Waals surface area contributed by atoms with E-state index < -0.39 is 0 Å². The fourth-order valence-corrected chi connectivity index (χ4v) is 1.71. The van der Waals surface area contributed by atoms with Gasteiger partial charge in [0.2, 0.25) is 0 Å². The molecule has 0 amide bonds. The lowest BCUT2D eigenvalue weighted by molar-refractivity contribution is 0.389. The van der Waals surface area contributed by atoms with E-state index in [4.69, 9.17) is 0 Å². The summed E-state index contributed by atoms with van der Waals surface area (Å²) in [6.07, 6.45) is 1.10. The maximum Gasteiger partial charge on any atom is 0.126 e. The van der Waals surface area contributed by atoms with Crippen LogP contribution in [0.3, 0.4) is 0 Å². The third-order valence-corrected chi connectivity index (χ3v) is 2.93. The Morgan fingerprint density at radius 1 is 1.35 bits per heavy atom. The molecule has 2 nitrogen and oxygen atoms in total. The summed E-state index contributed by atoms with van der Waals surface area (Å²) in [5, 5.41) is 3.41. The van der Waals surface area contributed by atoms with E-state index in [-0.39, 0.29) is 11.9 Å². The first-order valence-corrected chi connectivity index (χ1v) is 6.15. The topological polar surface area (TPSA) is 15.3 Å². The second kappa shape index (κ2) is 6.72. The van der Waals surface area contributed by atoms with E-state index in [9.17, 15) is 4.39 Å². The average molecular weight is 238 g/mol. The summed E-state index contributed by atoms with van der Waals surface area (Å²) >= 11 is 0. The highest BCUT2D eigenvalue weighted by Gasteiger charge is 2.06. The van der Waals surface area contributed by atoms with Crippen LogP contribution in [0.2, 0.25) is 0 Å². The Bertz CT molecular complexity index is 350. The van der Waals surface area contributed by atoms with Crippen LogP contribution in [-0.4, -0.2) is 32.1 Å². The zero-order valence-electron chi connectivity index (χ0n) is 11.3. The number of halogens is 1. The van der Waals surface area contributed by atoms with E-state index >= 15 is 0 Å². The molecule has 0 bridgehead atoms. The van der Waals surface area contributed by atoms with Gasteiger partial charge in [0.15, 0.2) is 0 Å². The molecule has 0 saturated heterocycles. The smallest absolute Gasteiger partial charge is 0.126 e. The summed E-state index contributed by atoms with van der Waals surface area (Å²) < 4.78 is 13.4. The molecule has 3 heteroatoms. The third-order valence-electron chi connectivity index (χ3n) is 2.93. The van der Waals surface area contributed by atoms with Gasteiger partial charge in [-0.3, -0.25) is 0 Å². The van der Waals surface area contributed by atoms with E-state index in [1.807, 2.05) is 12.1 Å². The van der Waals surface area contributed by atoms with Gasteiger partial charge in [-0.15, -0.1) is 0 Å². The molecule has 1 N–H and O–H groups in total. The van der Waals surface area contributed by atoms with Crippen molar-refractivity contribution in [3.8, 4) is 0 Å². The van der Waals surface area contributed by atoms with Gasteiger partial charge in [-0.2, -0.15) is 0 Å². The van der Waals surface area contributed by atoms with Gasteiger partial charge in [-0.25, -0.2) is 4.39 Å². The molecule has 1 atom stereocenters. The van der Waals surface area contributed by atoms with E-state index in [0.717, 1.165) is 25.1 Å². The molecule has 0 aliphatic carbocycles. The normalized spacial score (nSPS) is 13.1. The van der Waals surface area contributed by atoms with Gasteiger partial charge in [-0.05, 0) is 64.6 Å². The Hall–Kier alpha value is -0.930. The van der Waals surface area contributed by atoms with E-state index in [2.05, 4.69) is 31.2 Å². The number of benzene rings is 1. The lowest BCUT2D eigenvalue weighted by Gasteiger charge is -2.16. The van der Waals surface area contributed by atoms with Crippen LogP contribution < -0.4 is 5.32 Å². The van der Waals surface area contributed by atoms with Crippen molar-refractivity contribution in [3.63, 3.8) is 0 Å². The third kappa shape index (κ3) is 4.84. The van der Waals surface area contributed by atoms with Crippen LogP contribution >= 0.6 is 0 Å². The summed E-state index contributed by atoms with van der Waals surface area (Å²) in [5.74, 6) is -0.121. The number of nitrogens with zero attached hydrogens (tertiary/aromatic N) is 1. The molecule has 0 aliphatic heterocycles. The van der Waals surface area contributed by atoms with E-state index in [0.29, 0.717) is 5.56 Å². The molecular formula is C14H23FN2. The number of hydrogen-bond donors (Lipinski definition) is 1. The highest BCUT2D eigenvalue weighted by Crippen LogP contribution is 2.16. The van der Waals surface area contributed by atoms with Crippen molar-refractivity contribution in [2.24, 2.45) is 0 Å². The van der Waals surface area contributed by atoms with Crippen LogP contribution in [0.1, 0.15) is 30.5 Å². The first kappa shape index (κ1) is 14.1. The van der Waals surface area contributed by atoms with Gasteiger partial charge in [-0.1, -0.05) is 12.1 Å².